The average Bonchev–Trinajstić information content (AvgIpc) is 2.74. The number of allylic oxidation sites excluding steroid dienone is 2. The molecule has 0 aromatic carbocycles. The van der Waals surface area contributed by atoms with Crippen LogP contribution in [0.1, 0.15) is 27.7 Å². The highest BCUT2D eigenvalue weighted by Gasteiger charge is 2.47. The molecule has 0 amide bonds. The van der Waals surface area contributed by atoms with Gasteiger partial charge in [-0.2, -0.15) is 0 Å². The Balaban J connectivity index is 2.71. The summed E-state index contributed by atoms with van der Waals surface area (Å²) in [6, 6.07) is 0. The van der Waals surface area contributed by atoms with Crippen molar-refractivity contribution in [3.63, 3.8) is 0 Å². The monoisotopic (exact) mass is 360 g/mol. The maximum Gasteiger partial charge on any atom is 0.348 e. The van der Waals surface area contributed by atoms with E-state index in [0.29, 0.717) is 0 Å². The van der Waals surface area contributed by atoms with Crippen LogP contribution in [0.4, 0.5) is 0 Å². The fourth-order valence-corrected chi connectivity index (χ4v) is 3.17. The van der Waals surface area contributed by atoms with Gasteiger partial charge in [-0.1, -0.05) is 38.2 Å². The zero-order chi connectivity index (χ0) is 18.2. The normalized spacial score (nSPS) is 20.7. The molecule has 1 rings (SSSR count). The second kappa shape index (κ2) is 9.16. The van der Waals surface area contributed by atoms with Crippen LogP contribution in [-0.2, 0) is 32.7 Å². The predicted molar refractivity (Wildman–Crippen MR) is 88.6 cm³/mol. The minimum absolute atomic E-state index is 0.0495. The van der Waals surface area contributed by atoms with Gasteiger partial charge >= 0.3 is 19.5 Å². The van der Waals surface area contributed by atoms with Crippen molar-refractivity contribution >= 4 is 19.5 Å². The third-order valence-corrected chi connectivity index (χ3v) is 5.02. The summed E-state index contributed by atoms with van der Waals surface area (Å²) in [5.74, 6) is -1.43. The Bertz CT molecular complexity index is 531. The molecule has 0 aliphatic carbocycles. The summed E-state index contributed by atoms with van der Waals surface area (Å²) >= 11 is 0. The van der Waals surface area contributed by atoms with Gasteiger partial charge in [0.25, 0.3) is 0 Å². The van der Waals surface area contributed by atoms with Crippen molar-refractivity contribution in [2.75, 3.05) is 26.0 Å². The molecule has 0 bridgehead atoms. The standard InChI is InChI=1S/C16H25O7P/c1-5-7-9-21-24(19,22-10-8-6-2)11-13(17)23-14-15(18)20-12-16(14,3)4/h5-8,14H,9-12H2,1-4H3/b7-5+,8-6+. The van der Waals surface area contributed by atoms with Gasteiger partial charge in [-0.15, -0.1) is 0 Å². The number of ether oxygens (including phenoxy) is 2. The van der Waals surface area contributed by atoms with Gasteiger partial charge in [0.2, 0.25) is 6.10 Å². The summed E-state index contributed by atoms with van der Waals surface area (Å²) in [6.45, 7) is 7.34. The van der Waals surface area contributed by atoms with Crippen LogP contribution >= 0.6 is 7.60 Å². The zero-order valence-electron chi connectivity index (χ0n) is 14.5. The molecule has 24 heavy (non-hydrogen) atoms. The molecule has 1 fully saturated rings. The number of cyclic esters (lactones) is 1. The van der Waals surface area contributed by atoms with Crippen molar-refractivity contribution in [2.24, 2.45) is 5.41 Å². The maximum absolute atomic E-state index is 12.7. The number of carbonyl (C=O) groups is 2. The highest BCUT2D eigenvalue weighted by atomic mass is 31.2. The third kappa shape index (κ3) is 6.23. The lowest BCUT2D eigenvalue weighted by atomic mass is 9.90. The van der Waals surface area contributed by atoms with E-state index in [1.807, 2.05) is 0 Å². The zero-order valence-corrected chi connectivity index (χ0v) is 15.4. The number of esters is 2. The Morgan fingerprint density at radius 3 is 2.21 bits per heavy atom. The van der Waals surface area contributed by atoms with E-state index in [4.69, 9.17) is 18.5 Å². The van der Waals surface area contributed by atoms with Gasteiger partial charge in [-0.05, 0) is 13.8 Å². The first-order valence-electron chi connectivity index (χ1n) is 7.70. The molecule has 0 N–H and O–H groups in total. The second-order valence-corrected chi connectivity index (χ2v) is 8.02. The lowest BCUT2D eigenvalue weighted by Gasteiger charge is -2.23. The van der Waals surface area contributed by atoms with Crippen LogP contribution in [0.2, 0.25) is 0 Å². The van der Waals surface area contributed by atoms with E-state index in [1.54, 1.807) is 52.0 Å². The predicted octanol–water partition coefficient (Wildman–Crippen LogP) is 2.86. The van der Waals surface area contributed by atoms with E-state index in [9.17, 15) is 14.2 Å². The molecule has 8 heteroatoms. The summed E-state index contributed by atoms with van der Waals surface area (Å²) < 4.78 is 33.2. The van der Waals surface area contributed by atoms with E-state index < -0.39 is 37.2 Å². The number of rotatable bonds is 9. The highest BCUT2D eigenvalue weighted by molar-refractivity contribution is 7.54. The minimum atomic E-state index is -3.68. The van der Waals surface area contributed by atoms with Gasteiger partial charge in [0, 0.05) is 5.41 Å². The molecule has 1 aliphatic heterocycles. The fraction of sp³-hybridized carbons (Fsp3) is 0.625. The first kappa shape index (κ1) is 20.6. The average molecular weight is 360 g/mol. The first-order chi connectivity index (χ1) is 11.2. The van der Waals surface area contributed by atoms with Crippen LogP contribution in [-0.4, -0.2) is 44.0 Å². The van der Waals surface area contributed by atoms with Gasteiger partial charge in [0.15, 0.2) is 0 Å². The summed E-state index contributed by atoms with van der Waals surface area (Å²) in [5.41, 5.74) is -0.631. The SMILES string of the molecule is C/C=C/COP(=O)(CC(=O)OC1C(=O)OCC1(C)C)OC/C=C/C. The van der Waals surface area contributed by atoms with E-state index in [2.05, 4.69) is 0 Å². The topological polar surface area (TPSA) is 88.1 Å². The van der Waals surface area contributed by atoms with E-state index in [-0.39, 0.29) is 19.8 Å². The van der Waals surface area contributed by atoms with E-state index in [1.165, 1.54) is 0 Å². The highest BCUT2D eigenvalue weighted by Crippen LogP contribution is 2.48. The van der Waals surface area contributed by atoms with Crippen LogP contribution in [0.25, 0.3) is 0 Å². The molecular weight excluding hydrogens is 335 g/mol. The summed E-state index contributed by atoms with van der Waals surface area (Å²) in [7, 11) is -3.68. The molecule has 1 atom stereocenters. The van der Waals surface area contributed by atoms with Crippen LogP contribution in [0, 0.1) is 5.41 Å². The molecule has 0 aromatic rings. The molecule has 0 saturated carbocycles. The van der Waals surface area contributed by atoms with Gasteiger partial charge in [0.1, 0.15) is 12.8 Å². The number of hydrogen-bond acceptors (Lipinski definition) is 7. The summed E-state index contributed by atoms with van der Waals surface area (Å²) in [4.78, 5) is 23.8. The van der Waals surface area contributed by atoms with Crippen LogP contribution in [0.5, 0.6) is 0 Å². The fourth-order valence-electron chi connectivity index (χ4n) is 1.90. The van der Waals surface area contributed by atoms with Gasteiger partial charge in [-0.3, -0.25) is 9.36 Å². The second-order valence-electron chi connectivity index (χ2n) is 5.96. The molecule has 0 spiro atoms. The van der Waals surface area contributed by atoms with Crippen LogP contribution < -0.4 is 0 Å². The Morgan fingerprint density at radius 2 is 1.79 bits per heavy atom. The van der Waals surface area contributed by atoms with Crippen molar-refractivity contribution in [3.8, 4) is 0 Å². The van der Waals surface area contributed by atoms with Crippen molar-refractivity contribution in [3.05, 3.63) is 24.3 Å². The smallest absolute Gasteiger partial charge is 0.348 e. The Kier molecular flexibility index (Phi) is 7.87. The molecular formula is C16H25O7P. The Hall–Kier alpha value is -1.43. The van der Waals surface area contributed by atoms with Gasteiger partial charge in [0.05, 0.1) is 13.2 Å². The molecule has 1 unspecified atom stereocenters. The summed E-state index contributed by atoms with van der Waals surface area (Å²) in [6.07, 6.45) is 5.16. The number of carbonyl (C=O) groups excluding carboxylic acids is 2. The maximum atomic E-state index is 12.7. The van der Waals surface area contributed by atoms with Crippen LogP contribution in [0.3, 0.4) is 0 Å². The van der Waals surface area contributed by atoms with Crippen molar-refractivity contribution < 1.29 is 32.7 Å². The molecule has 0 radical (unpaired) electrons. The molecule has 1 aliphatic rings. The third-order valence-electron chi connectivity index (χ3n) is 3.29. The lowest BCUT2D eigenvalue weighted by Crippen LogP contribution is -2.35. The molecule has 1 heterocycles. The molecule has 7 nitrogen and oxygen atoms in total. The molecule has 0 aromatic heterocycles. The van der Waals surface area contributed by atoms with Crippen molar-refractivity contribution in [2.45, 2.75) is 33.8 Å². The lowest BCUT2D eigenvalue weighted by molar-refractivity contribution is -0.161. The minimum Gasteiger partial charge on any atom is -0.462 e. The summed E-state index contributed by atoms with van der Waals surface area (Å²) in [5, 5.41) is 0. The van der Waals surface area contributed by atoms with Crippen molar-refractivity contribution in [1.29, 1.82) is 0 Å². The van der Waals surface area contributed by atoms with Crippen molar-refractivity contribution in [1.82, 2.24) is 0 Å². The first-order valence-corrected chi connectivity index (χ1v) is 9.43. The van der Waals surface area contributed by atoms with E-state index in [0.717, 1.165) is 0 Å². The number of hydrogen-bond donors (Lipinski definition) is 0. The largest absolute Gasteiger partial charge is 0.462 e. The molecule has 136 valence electrons. The van der Waals surface area contributed by atoms with Gasteiger partial charge in [-0.25, -0.2) is 4.79 Å². The Morgan fingerprint density at radius 1 is 1.25 bits per heavy atom. The van der Waals surface area contributed by atoms with Crippen LogP contribution in [0.15, 0.2) is 24.3 Å². The quantitative estimate of drug-likeness (QED) is 0.355. The Labute approximate surface area is 142 Å². The molecule has 1 saturated heterocycles. The van der Waals surface area contributed by atoms with E-state index >= 15 is 0 Å². The van der Waals surface area contributed by atoms with Gasteiger partial charge < -0.3 is 18.5 Å².